The molecule has 0 saturated heterocycles. The SMILES string of the molecule is CCc1nc(CNC(=O)C2COc3ccccc3C2)co1. The van der Waals surface area contributed by atoms with E-state index in [-0.39, 0.29) is 11.8 Å². The van der Waals surface area contributed by atoms with E-state index in [1.54, 1.807) is 6.26 Å². The van der Waals surface area contributed by atoms with Gasteiger partial charge in [-0.2, -0.15) is 0 Å². The Balaban J connectivity index is 1.57. The molecular weight excluding hydrogens is 268 g/mol. The lowest BCUT2D eigenvalue weighted by Gasteiger charge is -2.24. The van der Waals surface area contributed by atoms with Crippen LogP contribution >= 0.6 is 0 Å². The van der Waals surface area contributed by atoms with Gasteiger partial charge in [0.2, 0.25) is 5.91 Å². The highest BCUT2D eigenvalue weighted by atomic mass is 16.5. The van der Waals surface area contributed by atoms with Crippen molar-refractivity contribution in [1.29, 1.82) is 0 Å². The van der Waals surface area contributed by atoms with Gasteiger partial charge in [0.1, 0.15) is 18.6 Å². The molecule has 1 aliphatic rings. The number of oxazole rings is 1. The summed E-state index contributed by atoms with van der Waals surface area (Å²) >= 11 is 0. The van der Waals surface area contributed by atoms with Crippen LogP contribution in [0.1, 0.15) is 24.1 Å². The van der Waals surface area contributed by atoms with E-state index in [2.05, 4.69) is 10.3 Å². The van der Waals surface area contributed by atoms with Crippen LogP contribution in [-0.2, 0) is 24.2 Å². The molecule has 0 fully saturated rings. The Morgan fingerprint density at radius 1 is 1.43 bits per heavy atom. The highest BCUT2D eigenvalue weighted by Gasteiger charge is 2.25. The molecule has 1 aliphatic heterocycles. The van der Waals surface area contributed by atoms with E-state index in [0.717, 1.165) is 23.4 Å². The standard InChI is InChI=1S/C16H18N2O3/c1-2-15-18-13(10-21-15)8-17-16(19)12-7-11-5-3-4-6-14(11)20-9-12/h3-6,10,12H,2,7-9H2,1H3,(H,17,19). The number of para-hydroxylation sites is 1. The molecule has 1 aromatic heterocycles. The fraction of sp³-hybridized carbons (Fsp3) is 0.375. The predicted octanol–water partition coefficient (Wildman–Crippen LogP) is 2.10. The molecule has 5 heteroatoms. The van der Waals surface area contributed by atoms with Crippen LogP contribution in [0.2, 0.25) is 0 Å². The largest absolute Gasteiger partial charge is 0.492 e. The summed E-state index contributed by atoms with van der Waals surface area (Å²) in [7, 11) is 0. The molecule has 21 heavy (non-hydrogen) atoms. The van der Waals surface area contributed by atoms with Crippen molar-refractivity contribution in [2.45, 2.75) is 26.3 Å². The number of carbonyl (C=O) groups is 1. The molecule has 0 saturated carbocycles. The third-order valence-electron chi connectivity index (χ3n) is 3.60. The molecule has 2 aromatic rings. The first kappa shape index (κ1) is 13.7. The van der Waals surface area contributed by atoms with E-state index in [1.807, 2.05) is 31.2 Å². The van der Waals surface area contributed by atoms with Crippen LogP contribution < -0.4 is 10.1 Å². The summed E-state index contributed by atoms with van der Waals surface area (Å²) in [4.78, 5) is 16.5. The van der Waals surface area contributed by atoms with Crippen molar-refractivity contribution in [2.24, 2.45) is 5.92 Å². The first-order valence-electron chi connectivity index (χ1n) is 7.18. The minimum absolute atomic E-state index is 0.00875. The van der Waals surface area contributed by atoms with Crippen LogP contribution in [0.25, 0.3) is 0 Å². The average Bonchev–Trinajstić information content (AvgIpc) is 3.00. The zero-order valence-corrected chi connectivity index (χ0v) is 12.0. The minimum atomic E-state index is -0.155. The first-order chi connectivity index (χ1) is 10.3. The van der Waals surface area contributed by atoms with Gasteiger partial charge < -0.3 is 14.5 Å². The number of ether oxygens (including phenoxy) is 1. The second kappa shape index (κ2) is 5.99. The topological polar surface area (TPSA) is 64.4 Å². The maximum atomic E-state index is 12.2. The van der Waals surface area contributed by atoms with Gasteiger partial charge in [-0.3, -0.25) is 4.79 Å². The summed E-state index contributed by atoms with van der Waals surface area (Å²) in [5.74, 6) is 1.41. The Morgan fingerprint density at radius 2 is 2.29 bits per heavy atom. The van der Waals surface area contributed by atoms with Crippen LogP contribution in [0.5, 0.6) is 5.75 Å². The zero-order chi connectivity index (χ0) is 14.7. The molecule has 1 N–H and O–H groups in total. The fourth-order valence-electron chi connectivity index (χ4n) is 2.41. The molecule has 1 atom stereocenters. The minimum Gasteiger partial charge on any atom is -0.492 e. The Labute approximate surface area is 123 Å². The smallest absolute Gasteiger partial charge is 0.227 e. The molecule has 2 heterocycles. The molecule has 1 aromatic carbocycles. The number of aryl methyl sites for hydroxylation is 1. The molecule has 110 valence electrons. The molecule has 3 rings (SSSR count). The van der Waals surface area contributed by atoms with Crippen LogP contribution in [0.15, 0.2) is 34.9 Å². The summed E-state index contributed by atoms with van der Waals surface area (Å²) in [5.41, 5.74) is 1.83. The lowest BCUT2D eigenvalue weighted by Crippen LogP contribution is -2.37. The molecule has 0 spiro atoms. The fourth-order valence-corrected chi connectivity index (χ4v) is 2.41. The normalized spacial score (nSPS) is 16.9. The summed E-state index contributed by atoms with van der Waals surface area (Å²) in [5, 5.41) is 2.90. The number of nitrogens with one attached hydrogen (secondary N) is 1. The van der Waals surface area contributed by atoms with Crippen molar-refractivity contribution in [3.63, 3.8) is 0 Å². The third kappa shape index (κ3) is 3.07. The summed E-state index contributed by atoms with van der Waals surface area (Å²) < 4.78 is 10.9. The Kier molecular flexibility index (Phi) is 3.90. The number of nitrogens with zero attached hydrogens (tertiary/aromatic N) is 1. The Bertz CT molecular complexity index is 636. The van der Waals surface area contributed by atoms with Crippen molar-refractivity contribution >= 4 is 5.91 Å². The van der Waals surface area contributed by atoms with Gasteiger partial charge in [0, 0.05) is 6.42 Å². The quantitative estimate of drug-likeness (QED) is 0.935. The van der Waals surface area contributed by atoms with E-state index in [1.165, 1.54) is 0 Å². The van der Waals surface area contributed by atoms with Gasteiger partial charge in [-0.25, -0.2) is 4.98 Å². The molecule has 1 amide bonds. The van der Waals surface area contributed by atoms with E-state index in [0.29, 0.717) is 25.5 Å². The number of fused-ring (bicyclic) bond motifs is 1. The molecule has 0 aliphatic carbocycles. The Morgan fingerprint density at radius 3 is 3.10 bits per heavy atom. The highest BCUT2D eigenvalue weighted by Crippen LogP contribution is 2.26. The maximum Gasteiger partial charge on any atom is 0.227 e. The number of rotatable bonds is 4. The van der Waals surface area contributed by atoms with Crippen molar-refractivity contribution < 1.29 is 13.9 Å². The summed E-state index contributed by atoms with van der Waals surface area (Å²) in [6, 6.07) is 7.84. The van der Waals surface area contributed by atoms with Crippen LogP contribution in [0.3, 0.4) is 0 Å². The van der Waals surface area contributed by atoms with E-state index in [4.69, 9.17) is 9.15 Å². The first-order valence-corrected chi connectivity index (χ1v) is 7.18. The lowest BCUT2D eigenvalue weighted by molar-refractivity contribution is -0.126. The summed E-state index contributed by atoms with van der Waals surface area (Å²) in [6.07, 6.45) is 3.05. The molecular formula is C16H18N2O3. The molecule has 1 unspecified atom stereocenters. The van der Waals surface area contributed by atoms with Crippen LogP contribution in [0, 0.1) is 5.92 Å². The number of amides is 1. The van der Waals surface area contributed by atoms with Gasteiger partial charge in [0.05, 0.1) is 18.2 Å². The summed E-state index contributed by atoms with van der Waals surface area (Å²) in [6.45, 7) is 2.79. The number of carbonyl (C=O) groups excluding carboxylic acids is 1. The maximum absolute atomic E-state index is 12.2. The van der Waals surface area contributed by atoms with Gasteiger partial charge in [-0.05, 0) is 18.1 Å². The molecule has 0 bridgehead atoms. The average molecular weight is 286 g/mol. The Hall–Kier alpha value is -2.30. The zero-order valence-electron chi connectivity index (χ0n) is 12.0. The van der Waals surface area contributed by atoms with E-state index < -0.39 is 0 Å². The number of hydrogen-bond donors (Lipinski definition) is 1. The van der Waals surface area contributed by atoms with E-state index in [9.17, 15) is 4.79 Å². The number of aromatic nitrogens is 1. The number of hydrogen-bond acceptors (Lipinski definition) is 4. The molecule has 0 radical (unpaired) electrons. The third-order valence-corrected chi connectivity index (χ3v) is 3.60. The van der Waals surface area contributed by atoms with Gasteiger partial charge >= 0.3 is 0 Å². The molecule has 5 nitrogen and oxygen atoms in total. The van der Waals surface area contributed by atoms with Gasteiger partial charge in [-0.15, -0.1) is 0 Å². The van der Waals surface area contributed by atoms with Crippen molar-refractivity contribution in [2.75, 3.05) is 6.61 Å². The van der Waals surface area contributed by atoms with Crippen molar-refractivity contribution in [3.05, 3.63) is 47.7 Å². The van der Waals surface area contributed by atoms with Crippen molar-refractivity contribution in [1.82, 2.24) is 10.3 Å². The van der Waals surface area contributed by atoms with E-state index >= 15 is 0 Å². The van der Waals surface area contributed by atoms with Gasteiger partial charge in [0.15, 0.2) is 5.89 Å². The monoisotopic (exact) mass is 286 g/mol. The highest BCUT2D eigenvalue weighted by molar-refractivity contribution is 5.79. The lowest BCUT2D eigenvalue weighted by atomic mass is 9.96. The van der Waals surface area contributed by atoms with Gasteiger partial charge in [0.25, 0.3) is 0 Å². The second-order valence-corrected chi connectivity index (χ2v) is 5.12. The van der Waals surface area contributed by atoms with Gasteiger partial charge in [-0.1, -0.05) is 25.1 Å². The van der Waals surface area contributed by atoms with Crippen LogP contribution in [0.4, 0.5) is 0 Å². The van der Waals surface area contributed by atoms with Crippen LogP contribution in [-0.4, -0.2) is 17.5 Å². The number of benzene rings is 1. The van der Waals surface area contributed by atoms with Crippen molar-refractivity contribution in [3.8, 4) is 5.75 Å². The predicted molar refractivity (Wildman–Crippen MR) is 76.9 cm³/mol. The second-order valence-electron chi connectivity index (χ2n) is 5.12.